The number of furan rings is 1. The summed E-state index contributed by atoms with van der Waals surface area (Å²) in [5.41, 5.74) is 11.5. The van der Waals surface area contributed by atoms with Crippen LogP contribution in [0.1, 0.15) is 0 Å². The van der Waals surface area contributed by atoms with Gasteiger partial charge in [-0.3, -0.25) is 0 Å². The molecule has 0 spiro atoms. The minimum Gasteiger partial charge on any atom is -0.456 e. The molecule has 0 aliphatic carbocycles. The maximum Gasteiger partial charge on any atom is 0.136 e. The molecule has 1 aromatic heterocycles. The molecule has 0 saturated heterocycles. The standard InChI is InChI=1S/C48H30O/c1-2-12-31(13-3-1)36-26-27-44-43(30-36)48-42(22-11-23-45(48)49-44)47-40-20-8-6-18-38(40)46(39-19-7-9-21-41(39)47)37-17-10-16-34(29-37)35-25-24-32-14-4-5-15-33(32)28-35/h1-30H. The number of rotatable bonds is 4. The second-order valence-corrected chi connectivity index (χ2v) is 12.8. The van der Waals surface area contributed by atoms with E-state index in [9.17, 15) is 0 Å². The summed E-state index contributed by atoms with van der Waals surface area (Å²) in [6.07, 6.45) is 0. The van der Waals surface area contributed by atoms with E-state index in [1.54, 1.807) is 0 Å². The molecule has 10 aromatic rings. The Bertz CT molecular complexity index is 2820. The lowest BCUT2D eigenvalue weighted by atomic mass is 9.84. The first-order valence-corrected chi connectivity index (χ1v) is 16.8. The lowest BCUT2D eigenvalue weighted by molar-refractivity contribution is 0.669. The highest BCUT2D eigenvalue weighted by atomic mass is 16.3. The number of hydrogen-bond acceptors (Lipinski definition) is 1. The molecule has 228 valence electrons. The molecular weight excluding hydrogens is 593 g/mol. The molecule has 0 atom stereocenters. The second-order valence-electron chi connectivity index (χ2n) is 12.8. The van der Waals surface area contributed by atoms with E-state index in [1.165, 1.54) is 76.8 Å². The van der Waals surface area contributed by atoms with Gasteiger partial charge in [-0.15, -0.1) is 0 Å². The molecule has 0 aliphatic rings. The molecule has 1 heterocycles. The summed E-state index contributed by atoms with van der Waals surface area (Å²) in [6, 6.07) is 65.8. The van der Waals surface area contributed by atoms with Crippen molar-refractivity contribution >= 4 is 54.3 Å². The minimum atomic E-state index is 0.901. The molecule has 0 aliphatic heterocycles. The Hall–Kier alpha value is -6.44. The first-order chi connectivity index (χ1) is 24.3. The summed E-state index contributed by atoms with van der Waals surface area (Å²) in [5.74, 6) is 0. The third-order valence-corrected chi connectivity index (χ3v) is 10.0. The molecule has 0 radical (unpaired) electrons. The first kappa shape index (κ1) is 27.7. The van der Waals surface area contributed by atoms with Gasteiger partial charge in [0.2, 0.25) is 0 Å². The van der Waals surface area contributed by atoms with Crippen LogP contribution in [-0.2, 0) is 0 Å². The average molecular weight is 623 g/mol. The van der Waals surface area contributed by atoms with Gasteiger partial charge in [-0.1, -0.05) is 152 Å². The van der Waals surface area contributed by atoms with E-state index in [1.807, 2.05) is 0 Å². The van der Waals surface area contributed by atoms with Crippen molar-refractivity contribution < 1.29 is 4.42 Å². The molecule has 0 fully saturated rings. The Morgan fingerprint density at radius 3 is 1.63 bits per heavy atom. The summed E-state index contributed by atoms with van der Waals surface area (Å²) in [5, 5.41) is 9.73. The van der Waals surface area contributed by atoms with Crippen molar-refractivity contribution in [2.45, 2.75) is 0 Å². The van der Waals surface area contributed by atoms with Crippen LogP contribution in [0.3, 0.4) is 0 Å². The smallest absolute Gasteiger partial charge is 0.136 e. The zero-order valence-electron chi connectivity index (χ0n) is 26.7. The summed E-state index contributed by atoms with van der Waals surface area (Å²) in [4.78, 5) is 0. The highest BCUT2D eigenvalue weighted by Gasteiger charge is 2.20. The highest BCUT2D eigenvalue weighted by molar-refractivity contribution is 6.25. The van der Waals surface area contributed by atoms with E-state index in [0.29, 0.717) is 0 Å². The monoisotopic (exact) mass is 622 g/mol. The Morgan fingerprint density at radius 2 is 0.857 bits per heavy atom. The van der Waals surface area contributed by atoms with Gasteiger partial charge in [0.25, 0.3) is 0 Å². The van der Waals surface area contributed by atoms with Crippen molar-refractivity contribution in [1.82, 2.24) is 0 Å². The van der Waals surface area contributed by atoms with E-state index in [-0.39, 0.29) is 0 Å². The van der Waals surface area contributed by atoms with Crippen molar-refractivity contribution in [3.05, 3.63) is 182 Å². The first-order valence-electron chi connectivity index (χ1n) is 16.8. The van der Waals surface area contributed by atoms with Crippen molar-refractivity contribution in [3.63, 3.8) is 0 Å². The molecular formula is C48H30O. The van der Waals surface area contributed by atoms with Crippen molar-refractivity contribution in [2.24, 2.45) is 0 Å². The van der Waals surface area contributed by atoms with Crippen LogP contribution < -0.4 is 0 Å². The fourth-order valence-electron chi connectivity index (χ4n) is 7.80. The van der Waals surface area contributed by atoms with E-state index in [0.717, 1.165) is 21.9 Å². The molecule has 1 heteroatoms. The van der Waals surface area contributed by atoms with E-state index in [2.05, 4.69) is 182 Å². The molecule has 0 saturated carbocycles. The SMILES string of the molecule is c1ccc(-c2ccc3oc4cccc(-c5c6ccccc6c(-c6cccc(-c7ccc8ccccc8c7)c6)c6ccccc56)c4c3c2)cc1. The van der Waals surface area contributed by atoms with Crippen molar-refractivity contribution in [1.29, 1.82) is 0 Å². The maximum absolute atomic E-state index is 6.50. The lowest BCUT2D eigenvalue weighted by Gasteiger charge is -2.18. The molecule has 49 heavy (non-hydrogen) atoms. The second kappa shape index (κ2) is 11.1. The van der Waals surface area contributed by atoms with Gasteiger partial charge < -0.3 is 4.42 Å². The predicted molar refractivity (Wildman–Crippen MR) is 208 cm³/mol. The van der Waals surface area contributed by atoms with Gasteiger partial charge >= 0.3 is 0 Å². The quantitative estimate of drug-likeness (QED) is 0.178. The fraction of sp³-hybridized carbons (Fsp3) is 0. The zero-order chi connectivity index (χ0) is 32.3. The summed E-state index contributed by atoms with van der Waals surface area (Å²) >= 11 is 0. The molecule has 0 bridgehead atoms. The third-order valence-electron chi connectivity index (χ3n) is 10.0. The molecule has 0 amide bonds. The molecule has 0 N–H and O–H groups in total. The van der Waals surface area contributed by atoms with Gasteiger partial charge in [-0.25, -0.2) is 0 Å². The Balaban J connectivity index is 1.24. The average Bonchev–Trinajstić information content (AvgIpc) is 3.55. The van der Waals surface area contributed by atoms with E-state index >= 15 is 0 Å². The normalized spacial score (nSPS) is 11.7. The number of benzene rings is 9. The highest BCUT2D eigenvalue weighted by Crippen LogP contribution is 2.47. The maximum atomic E-state index is 6.50. The van der Waals surface area contributed by atoms with Crippen LogP contribution >= 0.6 is 0 Å². The van der Waals surface area contributed by atoms with Gasteiger partial charge in [-0.2, -0.15) is 0 Å². The van der Waals surface area contributed by atoms with Crippen molar-refractivity contribution in [2.75, 3.05) is 0 Å². The molecule has 9 aromatic carbocycles. The number of hydrogen-bond donors (Lipinski definition) is 0. The van der Waals surface area contributed by atoms with Crippen LogP contribution in [0.25, 0.3) is 98.8 Å². The van der Waals surface area contributed by atoms with Crippen LogP contribution in [0, 0.1) is 0 Å². The fourth-order valence-corrected chi connectivity index (χ4v) is 7.80. The topological polar surface area (TPSA) is 13.1 Å². The minimum absolute atomic E-state index is 0.901. The molecule has 10 rings (SSSR count). The van der Waals surface area contributed by atoms with Gasteiger partial charge in [0.15, 0.2) is 0 Å². The third kappa shape index (κ3) is 4.47. The van der Waals surface area contributed by atoms with Crippen LogP contribution in [0.15, 0.2) is 186 Å². The van der Waals surface area contributed by atoms with Crippen LogP contribution in [0.4, 0.5) is 0 Å². The predicted octanol–water partition coefficient (Wildman–Crippen LogP) is 13.7. The summed E-state index contributed by atoms with van der Waals surface area (Å²) < 4.78 is 6.50. The van der Waals surface area contributed by atoms with Crippen molar-refractivity contribution in [3.8, 4) is 44.5 Å². The Morgan fingerprint density at radius 1 is 0.286 bits per heavy atom. The molecule has 1 nitrogen and oxygen atoms in total. The summed E-state index contributed by atoms with van der Waals surface area (Å²) in [6.45, 7) is 0. The number of fused-ring (bicyclic) bond motifs is 6. The molecule has 0 unspecified atom stereocenters. The zero-order valence-corrected chi connectivity index (χ0v) is 26.7. The Kier molecular flexibility index (Phi) is 6.25. The lowest BCUT2D eigenvalue weighted by Crippen LogP contribution is -1.91. The van der Waals surface area contributed by atoms with Gasteiger partial charge in [-0.05, 0) is 107 Å². The van der Waals surface area contributed by atoms with Crippen LogP contribution in [0.2, 0.25) is 0 Å². The van der Waals surface area contributed by atoms with Gasteiger partial charge in [0, 0.05) is 10.8 Å². The summed E-state index contributed by atoms with van der Waals surface area (Å²) in [7, 11) is 0. The van der Waals surface area contributed by atoms with Gasteiger partial charge in [0.1, 0.15) is 11.2 Å². The van der Waals surface area contributed by atoms with E-state index in [4.69, 9.17) is 4.42 Å². The van der Waals surface area contributed by atoms with Crippen LogP contribution in [-0.4, -0.2) is 0 Å². The van der Waals surface area contributed by atoms with Crippen LogP contribution in [0.5, 0.6) is 0 Å². The van der Waals surface area contributed by atoms with E-state index < -0.39 is 0 Å². The largest absolute Gasteiger partial charge is 0.456 e. The van der Waals surface area contributed by atoms with Gasteiger partial charge in [0.05, 0.1) is 0 Å². The Labute approximate surface area is 284 Å².